The van der Waals surface area contributed by atoms with Gasteiger partial charge in [-0.05, 0) is 13.8 Å². The minimum absolute atomic E-state index is 0. The summed E-state index contributed by atoms with van der Waals surface area (Å²) in [5.41, 5.74) is 0. The van der Waals surface area contributed by atoms with E-state index in [9.17, 15) is 4.57 Å². The zero-order chi connectivity index (χ0) is 9.61. The first-order chi connectivity index (χ1) is 5.54. The van der Waals surface area contributed by atoms with Crippen LogP contribution in [0.25, 0.3) is 0 Å². The van der Waals surface area contributed by atoms with Crippen LogP contribution in [0.2, 0.25) is 0 Å². The quantitative estimate of drug-likeness (QED) is 0.391. The first kappa shape index (κ1) is 15.8. The Morgan fingerprint density at radius 3 is 2.08 bits per heavy atom. The standard InChI is InChI=1S/C5H12NO3PS2.H3N/c1-3-8-10(7,9-4-2)6-5(11)12;/h3-4H2,1-2H3,(H2,6,7,11,12);1H3. The van der Waals surface area contributed by atoms with Gasteiger partial charge in [0, 0.05) is 0 Å². The molecule has 0 fully saturated rings. The molecule has 0 aliphatic carbocycles. The van der Waals surface area contributed by atoms with Crippen LogP contribution in [0.15, 0.2) is 0 Å². The molecule has 0 aromatic rings. The Labute approximate surface area is 89.1 Å². The zero-order valence-corrected chi connectivity index (χ0v) is 10.3. The van der Waals surface area contributed by atoms with Crippen LogP contribution in [0, 0.1) is 0 Å². The van der Waals surface area contributed by atoms with Crippen LogP contribution >= 0.6 is 32.6 Å². The van der Waals surface area contributed by atoms with Crippen LogP contribution in [0.4, 0.5) is 0 Å². The van der Waals surface area contributed by atoms with E-state index in [1.807, 2.05) is 0 Å². The summed E-state index contributed by atoms with van der Waals surface area (Å²) in [5, 5.41) is 2.36. The molecular formula is C5H15N2O3PS2. The average molecular weight is 246 g/mol. The second kappa shape index (κ2) is 7.73. The lowest BCUT2D eigenvalue weighted by Gasteiger charge is -2.16. The highest BCUT2D eigenvalue weighted by Gasteiger charge is 2.23. The lowest BCUT2D eigenvalue weighted by atomic mass is 10.9. The van der Waals surface area contributed by atoms with Crippen LogP contribution in [0.5, 0.6) is 0 Å². The number of rotatable bonds is 5. The first-order valence-corrected chi connectivity index (χ1v) is 5.84. The van der Waals surface area contributed by atoms with Gasteiger partial charge in [0.05, 0.1) is 13.2 Å². The molecule has 0 aliphatic rings. The van der Waals surface area contributed by atoms with Crippen molar-refractivity contribution < 1.29 is 13.6 Å². The second-order valence-electron chi connectivity index (χ2n) is 1.75. The molecule has 4 N–H and O–H groups in total. The minimum Gasteiger partial charge on any atom is -0.344 e. The van der Waals surface area contributed by atoms with Gasteiger partial charge < -0.3 is 6.15 Å². The maximum Gasteiger partial charge on any atom is 0.433 e. The third-order valence-corrected chi connectivity index (χ3v) is 3.07. The zero-order valence-electron chi connectivity index (χ0n) is 7.65. The summed E-state index contributed by atoms with van der Waals surface area (Å²) in [6, 6.07) is 0. The highest BCUT2D eigenvalue weighted by Crippen LogP contribution is 2.43. The lowest BCUT2D eigenvalue weighted by molar-refractivity contribution is 0.216. The van der Waals surface area contributed by atoms with Crippen molar-refractivity contribution >= 4 is 36.9 Å². The van der Waals surface area contributed by atoms with Gasteiger partial charge in [0.1, 0.15) is 4.32 Å². The van der Waals surface area contributed by atoms with Crippen molar-refractivity contribution in [3.8, 4) is 0 Å². The molecule has 0 bridgehead atoms. The Morgan fingerprint density at radius 2 is 1.85 bits per heavy atom. The Balaban J connectivity index is 0. The van der Waals surface area contributed by atoms with Crippen molar-refractivity contribution in [1.29, 1.82) is 0 Å². The van der Waals surface area contributed by atoms with Crippen molar-refractivity contribution in [2.24, 2.45) is 0 Å². The Kier molecular flexibility index (Phi) is 9.39. The predicted molar refractivity (Wildman–Crippen MR) is 60.6 cm³/mol. The van der Waals surface area contributed by atoms with Crippen LogP contribution in [-0.4, -0.2) is 17.5 Å². The monoisotopic (exact) mass is 246 g/mol. The van der Waals surface area contributed by atoms with Gasteiger partial charge in [-0.15, -0.1) is 12.6 Å². The number of nitrogens with one attached hydrogen (secondary N) is 1. The molecule has 0 saturated carbocycles. The van der Waals surface area contributed by atoms with E-state index in [0.29, 0.717) is 13.2 Å². The number of hydrogen-bond acceptors (Lipinski definition) is 5. The first-order valence-electron chi connectivity index (χ1n) is 3.44. The molecule has 0 aromatic carbocycles. The van der Waals surface area contributed by atoms with Gasteiger partial charge in [0.25, 0.3) is 0 Å². The van der Waals surface area contributed by atoms with Crippen LogP contribution in [-0.2, 0) is 13.6 Å². The Hall–Kier alpha value is 0.350. The molecule has 8 heteroatoms. The summed E-state index contributed by atoms with van der Waals surface area (Å²) >= 11 is 8.36. The fraction of sp³-hybridized carbons (Fsp3) is 0.800. The molecule has 13 heavy (non-hydrogen) atoms. The van der Waals surface area contributed by atoms with Crippen LogP contribution in [0.1, 0.15) is 13.8 Å². The highest BCUT2D eigenvalue weighted by atomic mass is 32.1. The van der Waals surface area contributed by atoms with Gasteiger partial charge in [0.2, 0.25) is 0 Å². The van der Waals surface area contributed by atoms with Gasteiger partial charge >= 0.3 is 7.75 Å². The van der Waals surface area contributed by atoms with Crippen LogP contribution < -0.4 is 11.2 Å². The maximum atomic E-state index is 11.5. The van der Waals surface area contributed by atoms with Gasteiger partial charge in [0.15, 0.2) is 0 Å². The summed E-state index contributed by atoms with van der Waals surface area (Å²) in [7, 11) is -3.24. The van der Waals surface area contributed by atoms with Gasteiger partial charge in [-0.1, -0.05) is 12.2 Å². The van der Waals surface area contributed by atoms with Crippen molar-refractivity contribution in [2.45, 2.75) is 13.8 Å². The molecule has 0 rings (SSSR count). The van der Waals surface area contributed by atoms with E-state index < -0.39 is 7.75 Å². The fourth-order valence-electron chi connectivity index (χ4n) is 0.559. The van der Waals surface area contributed by atoms with Crippen molar-refractivity contribution in [1.82, 2.24) is 11.2 Å². The summed E-state index contributed by atoms with van der Waals surface area (Å²) in [4.78, 5) is 0. The third-order valence-electron chi connectivity index (χ3n) is 0.831. The topological polar surface area (TPSA) is 82.6 Å². The van der Waals surface area contributed by atoms with E-state index in [0.717, 1.165) is 0 Å². The van der Waals surface area contributed by atoms with Crippen molar-refractivity contribution in [2.75, 3.05) is 13.2 Å². The molecule has 5 nitrogen and oxygen atoms in total. The molecule has 0 heterocycles. The molecule has 80 valence electrons. The number of hydrogen-bond donors (Lipinski definition) is 3. The largest absolute Gasteiger partial charge is 0.433 e. The molecule has 0 spiro atoms. The van der Waals surface area contributed by atoms with Gasteiger partial charge in [-0.2, -0.15) is 0 Å². The van der Waals surface area contributed by atoms with E-state index in [4.69, 9.17) is 9.05 Å². The van der Waals surface area contributed by atoms with Crippen LogP contribution in [0.3, 0.4) is 0 Å². The molecule has 0 aromatic heterocycles. The second-order valence-corrected chi connectivity index (χ2v) is 4.64. The maximum absolute atomic E-state index is 11.5. The molecule has 0 amide bonds. The number of thiol groups is 1. The molecule has 0 radical (unpaired) electrons. The molecule has 0 saturated heterocycles. The van der Waals surface area contributed by atoms with Gasteiger partial charge in [-0.3, -0.25) is 14.1 Å². The SMILES string of the molecule is CCOP(=O)(NC(=S)S)OCC.N. The summed E-state index contributed by atoms with van der Waals surface area (Å²) < 4.78 is 21.4. The van der Waals surface area contributed by atoms with E-state index in [-0.39, 0.29) is 10.5 Å². The van der Waals surface area contributed by atoms with E-state index >= 15 is 0 Å². The highest BCUT2D eigenvalue weighted by molar-refractivity contribution is 8.11. The smallest absolute Gasteiger partial charge is 0.344 e. The third kappa shape index (κ3) is 7.42. The Bertz CT molecular complexity index is 192. The van der Waals surface area contributed by atoms with Gasteiger partial charge in [-0.25, -0.2) is 4.57 Å². The normalized spacial score (nSPS) is 10.4. The predicted octanol–water partition coefficient (Wildman–Crippen LogP) is 2.13. The van der Waals surface area contributed by atoms with E-state index in [1.165, 1.54) is 0 Å². The van der Waals surface area contributed by atoms with E-state index in [1.54, 1.807) is 13.8 Å². The Morgan fingerprint density at radius 1 is 1.46 bits per heavy atom. The summed E-state index contributed by atoms with van der Waals surface area (Å²) in [6.45, 7) is 4.02. The lowest BCUT2D eigenvalue weighted by Crippen LogP contribution is -2.16. The summed E-state index contributed by atoms with van der Waals surface area (Å²) in [5.74, 6) is 0. The van der Waals surface area contributed by atoms with Crippen molar-refractivity contribution in [3.05, 3.63) is 0 Å². The minimum atomic E-state index is -3.24. The van der Waals surface area contributed by atoms with E-state index in [2.05, 4.69) is 29.9 Å². The molecular weight excluding hydrogens is 231 g/mol. The molecule has 0 unspecified atom stereocenters. The fourth-order valence-corrected chi connectivity index (χ4v) is 2.38. The molecule has 0 atom stereocenters. The number of thiocarbonyl (C=S) groups is 1. The molecule has 0 aliphatic heterocycles. The summed E-state index contributed by atoms with van der Waals surface area (Å²) in [6.07, 6.45) is 0. The average Bonchev–Trinajstić information content (AvgIpc) is 1.85. The van der Waals surface area contributed by atoms with Crippen molar-refractivity contribution in [3.63, 3.8) is 0 Å².